The predicted molar refractivity (Wildman–Crippen MR) is 132 cm³/mol. The lowest BCUT2D eigenvalue weighted by Gasteiger charge is -2.50. The zero-order chi connectivity index (χ0) is 26.1. The van der Waals surface area contributed by atoms with Gasteiger partial charge in [-0.3, -0.25) is 20.2 Å². The highest BCUT2D eigenvalue weighted by Gasteiger charge is 2.53. The first-order chi connectivity index (χ1) is 17.1. The Hall–Kier alpha value is -3.57. The molecule has 0 radical (unpaired) electrons. The van der Waals surface area contributed by atoms with E-state index >= 15 is 0 Å². The third-order valence-electron chi connectivity index (χ3n) is 5.27. The van der Waals surface area contributed by atoms with Crippen molar-refractivity contribution in [3.8, 4) is 0 Å². The summed E-state index contributed by atoms with van der Waals surface area (Å²) in [6.45, 7) is 0. The normalized spacial score (nSPS) is 19.6. The highest BCUT2D eigenvalue weighted by molar-refractivity contribution is 8.01. The predicted octanol–water partition coefficient (Wildman–Crippen LogP) is -2.34. The molecule has 0 aromatic carbocycles. The molecule has 0 spiro atoms. The van der Waals surface area contributed by atoms with Crippen LogP contribution in [-0.2, 0) is 26.3 Å². The van der Waals surface area contributed by atoms with Gasteiger partial charge in [0.1, 0.15) is 29.2 Å². The van der Waals surface area contributed by atoms with Crippen molar-refractivity contribution in [2.24, 2.45) is 12.2 Å². The van der Waals surface area contributed by atoms with E-state index in [4.69, 9.17) is 22.0 Å². The van der Waals surface area contributed by atoms with E-state index in [1.807, 2.05) is 0 Å². The standard InChI is InChI=1S/C19H21N9O5S3/c1-27-10(3-9(20)24-18(27)21)34-4-7-5-35-16-12(15(30)28(16)13(7)17(31)32)25-14(29)11(26-33-2)8-6-36-19(22)23-8/h3,6,12,16H,4-5H2,1-2H3,(H7,20,21,22,23,24,25,29,31,32)/b26-11-/t12?,16-/m0/s1. The van der Waals surface area contributed by atoms with Crippen LogP contribution in [0.1, 0.15) is 5.69 Å². The number of thioether (sulfide) groups is 2. The highest BCUT2D eigenvalue weighted by Crippen LogP contribution is 2.41. The second kappa shape index (κ2) is 10.2. The summed E-state index contributed by atoms with van der Waals surface area (Å²) >= 11 is 3.73. The van der Waals surface area contributed by atoms with E-state index in [0.29, 0.717) is 16.4 Å². The molecular weight excluding hydrogens is 530 g/mol. The number of nitrogen functional groups attached to an aromatic ring is 3. The Morgan fingerprint density at radius 1 is 1.39 bits per heavy atom. The molecule has 0 bridgehead atoms. The number of carbonyl (C=O) groups is 3. The third-order valence-corrected chi connectivity index (χ3v) is 8.47. The number of carboxylic acid groups (broad SMARTS) is 1. The lowest BCUT2D eigenvalue weighted by atomic mass is 10.0. The van der Waals surface area contributed by atoms with Crippen LogP contribution < -0.4 is 32.2 Å². The third kappa shape index (κ3) is 4.76. The molecule has 4 heterocycles. The number of aromatic nitrogens is 3. The van der Waals surface area contributed by atoms with Crippen LogP contribution in [0.4, 0.5) is 16.9 Å². The first kappa shape index (κ1) is 25.5. The van der Waals surface area contributed by atoms with Crippen molar-refractivity contribution < 1.29 is 28.9 Å². The van der Waals surface area contributed by atoms with E-state index in [-0.39, 0.29) is 39.8 Å². The molecule has 190 valence electrons. The number of β-lactam (4-membered cyclic amide) rings is 1. The summed E-state index contributed by atoms with van der Waals surface area (Å²) in [5, 5.41) is 20.1. The molecule has 2 atom stereocenters. The van der Waals surface area contributed by atoms with Crippen LogP contribution >= 0.6 is 34.9 Å². The van der Waals surface area contributed by atoms with Crippen molar-refractivity contribution in [2.75, 3.05) is 35.8 Å². The molecule has 14 nitrogen and oxygen atoms in total. The maximum atomic E-state index is 12.9. The summed E-state index contributed by atoms with van der Waals surface area (Å²) in [5.74, 6) is -1.78. The largest absolute Gasteiger partial charge is 0.543 e. The van der Waals surface area contributed by atoms with Crippen LogP contribution in [0.3, 0.4) is 0 Å². The van der Waals surface area contributed by atoms with Gasteiger partial charge in [0.15, 0.2) is 10.8 Å². The quantitative estimate of drug-likeness (QED) is 0.0677. The number of rotatable bonds is 8. The summed E-state index contributed by atoms with van der Waals surface area (Å²) in [5.41, 5.74) is 17.5. The maximum absolute atomic E-state index is 12.9. The number of carbonyl (C=O) groups excluding carboxylic acids is 3. The lowest BCUT2D eigenvalue weighted by molar-refractivity contribution is -0.696. The fraction of sp³-hybridized carbons (Fsp3) is 0.316. The van der Waals surface area contributed by atoms with E-state index in [1.165, 1.54) is 36.0 Å². The number of aliphatic carboxylic acids is 1. The van der Waals surface area contributed by atoms with Crippen LogP contribution in [0.15, 0.2) is 32.9 Å². The summed E-state index contributed by atoms with van der Waals surface area (Å²) in [6.07, 6.45) is 0. The molecule has 2 aliphatic rings. The molecule has 2 aromatic rings. The van der Waals surface area contributed by atoms with E-state index in [1.54, 1.807) is 17.7 Å². The number of thiazole rings is 1. The molecule has 2 aromatic heterocycles. The number of nitrogens with one attached hydrogen (secondary N) is 1. The van der Waals surface area contributed by atoms with Gasteiger partial charge in [0.2, 0.25) is 5.82 Å². The number of nitrogens with zero attached hydrogens (tertiary/aromatic N) is 5. The minimum Gasteiger partial charge on any atom is -0.543 e. The summed E-state index contributed by atoms with van der Waals surface area (Å²) < 4.78 is 1.62. The number of fused-ring (bicyclic) bond motifs is 1. The minimum absolute atomic E-state index is 0.158. The highest BCUT2D eigenvalue weighted by atomic mass is 32.2. The number of nitrogens with two attached hydrogens (primary N) is 3. The second-order valence-corrected chi connectivity index (χ2v) is 10.5. The second-order valence-electron chi connectivity index (χ2n) is 7.52. The van der Waals surface area contributed by atoms with Crippen molar-refractivity contribution >= 4 is 75.3 Å². The zero-order valence-electron chi connectivity index (χ0n) is 19.0. The molecule has 4 rings (SSSR count). The fourth-order valence-corrected chi connectivity index (χ4v) is 6.64. The van der Waals surface area contributed by atoms with E-state index in [2.05, 4.69) is 20.4 Å². The lowest BCUT2D eigenvalue weighted by Crippen LogP contribution is -2.71. The number of amides is 2. The molecule has 36 heavy (non-hydrogen) atoms. The SMILES string of the molecule is CO/N=C(\C(=O)NC1C(=O)N2C(C(=O)[O-])=C(CSc3cc(N)nc(N)[n+]3C)CS[C@@H]12)c1csc(N)n1. The first-order valence-electron chi connectivity index (χ1n) is 10.2. The molecule has 7 N–H and O–H groups in total. The van der Waals surface area contributed by atoms with Gasteiger partial charge in [0.25, 0.3) is 11.8 Å². The molecule has 0 aliphatic carbocycles. The molecule has 0 saturated carbocycles. The molecule has 1 saturated heterocycles. The van der Waals surface area contributed by atoms with Crippen LogP contribution in [0, 0.1) is 0 Å². The average molecular weight is 552 g/mol. The van der Waals surface area contributed by atoms with Crippen LogP contribution in [-0.4, -0.2) is 68.4 Å². The molecular formula is C19H21N9O5S3. The van der Waals surface area contributed by atoms with Gasteiger partial charge in [0.05, 0.1) is 18.7 Å². The van der Waals surface area contributed by atoms with E-state index in [9.17, 15) is 19.5 Å². The van der Waals surface area contributed by atoms with Gasteiger partial charge in [-0.25, -0.2) is 9.55 Å². The Balaban J connectivity index is 1.51. The van der Waals surface area contributed by atoms with Crippen LogP contribution in [0.25, 0.3) is 0 Å². The van der Waals surface area contributed by atoms with Crippen molar-refractivity contribution in [3.05, 3.63) is 28.4 Å². The van der Waals surface area contributed by atoms with Gasteiger partial charge in [0, 0.05) is 23.0 Å². The number of oxime groups is 1. The van der Waals surface area contributed by atoms with Crippen LogP contribution in [0.2, 0.25) is 0 Å². The van der Waals surface area contributed by atoms with E-state index < -0.39 is 29.2 Å². The van der Waals surface area contributed by atoms with Gasteiger partial charge in [-0.1, -0.05) is 21.9 Å². The molecule has 17 heteroatoms. The van der Waals surface area contributed by atoms with E-state index in [0.717, 1.165) is 16.2 Å². The zero-order valence-corrected chi connectivity index (χ0v) is 21.4. The number of hydrogen-bond acceptors (Lipinski definition) is 14. The average Bonchev–Trinajstić information content (AvgIpc) is 3.26. The topological polar surface area (TPSA) is 219 Å². The molecule has 2 amide bonds. The maximum Gasteiger partial charge on any atom is 0.392 e. The van der Waals surface area contributed by atoms with Crippen molar-refractivity contribution in [2.45, 2.75) is 16.4 Å². The fourth-order valence-electron chi connectivity index (χ4n) is 3.56. The van der Waals surface area contributed by atoms with Crippen LogP contribution in [0.5, 0.6) is 0 Å². The number of anilines is 3. The van der Waals surface area contributed by atoms with Gasteiger partial charge in [-0.05, 0) is 5.57 Å². The van der Waals surface area contributed by atoms with Crippen molar-refractivity contribution in [1.29, 1.82) is 0 Å². The van der Waals surface area contributed by atoms with Gasteiger partial charge in [-0.15, -0.1) is 23.1 Å². The monoisotopic (exact) mass is 551 g/mol. The number of hydrogen-bond donors (Lipinski definition) is 4. The molecule has 1 unspecified atom stereocenters. The minimum atomic E-state index is -1.48. The Morgan fingerprint density at radius 3 is 2.78 bits per heavy atom. The molecule has 2 aliphatic heterocycles. The number of carboxylic acids is 1. The Labute approximate surface area is 216 Å². The Bertz CT molecular complexity index is 1310. The molecule has 1 fully saturated rings. The van der Waals surface area contributed by atoms with Crippen molar-refractivity contribution in [3.63, 3.8) is 0 Å². The van der Waals surface area contributed by atoms with Crippen molar-refractivity contribution in [1.82, 2.24) is 20.2 Å². The first-order valence-corrected chi connectivity index (χ1v) is 13.1. The summed E-state index contributed by atoms with van der Waals surface area (Å²) in [6, 6.07) is 0.649. The summed E-state index contributed by atoms with van der Waals surface area (Å²) in [4.78, 5) is 51.7. The van der Waals surface area contributed by atoms with Gasteiger partial charge in [-0.2, -0.15) is 0 Å². The smallest absolute Gasteiger partial charge is 0.392 e. The summed E-state index contributed by atoms with van der Waals surface area (Å²) in [7, 11) is 2.97. The Kier molecular flexibility index (Phi) is 7.23. The van der Waals surface area contributed by atoms with Gasteiger partial charge < -0.3 is 31.5 Å². The Morgan fingerprint density at radius 2 is 2.14 bits per heavy atom. The van der Waals surface area contributed by atoms with Gasteiger partial charge >= 0.3 is 5.95 Å².